The fourth-order valence-corrected chi connectivity index (χ4v) is 2.97. The number of nitrogens with two attached hydrogens (primary N) is 1. The van der Waals surface area contributed by atoms with E-state index in [9.17, 15) is 0 Å². The Labute approximate surface area is 113 Å². The predicted molar refractivity (Wildman–Crippen MR) is 75.3 cm³/mol. The number of benzene rings is 1. The molecule has 0 aliphatic heterocycles. The molecule has 2 N–H and O–H groups in total. The first kappa shape index (κ1) is 12.3. The zero-order valence-electron chi connectivity index (χ0n) is 9.05. The highest BCUT2D eigenvalue weighted by Gasteiger charge is 2.16. The van der Waals surface area contributed by atoms with Crippen LogP contribution in [0.2, 0.25) is 0 Å². The third-order valence-corrected chi connectivity index (χ3v) is 4.23. The van der Waals surface area contributed by atoms with Crippen LogP contribution in [0.3, 0.4) is 0 Å². The van der Waals surface area contributed by atoms with E-state index in [0.29, 0.717) is 0 Å². The zero-order valence-corrected chi connectivity index (χ0v) is 12.2. The maximum absolute atomic E-state index is 6.32. The van der Waals surface area contributed by atoms with Crippen LogP contribution in [0.4, 0.5) is 0 Å². The molecule has 0 saturated carbocycles. The molecule has 1 nitrogen and oxygen atoms in total. The summed E-state index contributed by atoms with van der Waals surface area (Å²) >= 11 is 7.06. The summed E-state index contributed by atoms with van der Waals surface area (Å²) in [5.74, 6) is 0. The average Bonchev–Trinajstić information content (AvgIpc) is 2.32. The molecule has 0 heterocycles. The maximum atomic E-state index is 6.32. The summed E-state index contributed by atoms with van der Waals surface area (Å²) in [5.41, 5.74) is 8.87. The van der Waals surface area contributed by atoms with Gasteiger partial charge in [0, 0.05) is 8.95 Å². The molecule has 16 heavy (non-hydrogen) atoms. The van der Waals surface area contributed by atoms with Gasteiger partial charge >= 0.3 is 0 Å². The SMILES string of the molecule is NC(C1=CCCCC1)c1cc(Br)ccc1Br. The zero-order chi connectivity index (χ0) is 11.5. The van der Waals surface area contributed by atoms with Crippen LogP contribution < -0.4 is 5.73 Å². The lowest BCUT2D eigenvalue weighted by Gasteiger charge is -2.21. The van der Waals surface area contributed by atoms with Crippen molar-refractivity contribution in [2.75, 3.05) is 0 Å². The number of hydrogen-bond donors (Lipinski definition) is 1. The molecule has 2 rings (SSSR count). The molecular formula is C13H15Br2N. The van der Waals surface area contributed by atoms with Crippen LogP contribution >= 0.6 is 31.9 Å². The lowest BCUT2D eigenvalue weighted by molar-refractivity contribution is 0.647. The molecular weight excluding hydrogens is 330 g/mol. The van der Waals surface area contributed by atoms with Crippen LogP contribution in [0, 0.1) is 0 Å². The van der Waals surface area contributed by atoms with Crippen LogP contribution in [0.1, 0.15) is 37.3 Å². The van der Waals surface area contributed by atoms with Crippen LogP contribution in [-0.2, 0) is 0 Å². The molecule has 3 heteroatoms. The van der Waals surface area contributed by atoms with Crippen LogP contribution in [0.25, 0.3) is 0 Å². The summed E-state index contributed by atoms with van der Waals surface area (Å²) in [6.07, 6.45) is 7.19. The van der Waals surface area contributed by atoms with Gasteiger partial charge in [0.05, 0.1) is 6.04 Å². The van der Waals surface area contributed by atoms with Crippen molar-refractivity contribution in [2.45, 2.75) is 31.7 Å². The average molecular weight is 345 g/mol. The molecule has 0 aromatic heterocycles. The number of hydrogen-bond acceptors (Lipinski definition) is 1. The normalized spacial score (nSPS) is 18.1. The summed E-state index contributed by atoms with van der Waals surface area (Å²) in [5, 5.41) is 0. The Hall–Kier alpha value is -0.120. The Morgan fingerprint density at radius 2 is 2.00 bits per heavy atom. The quantitative estimate of drug-likeness (QED) is 0.772. The molecule has 0 saturated heterocycles. The molecule has 1 aromatic carbocycles. The lowest BCUT2D eigenvalue weighted by Crippen LogP contribution is -2.15. The Morgan fingerprint density at radius 1 is 1.19 bits per heavy atom. The van der Waals surface area contributed by atoms with Gasteiger partial charge in [-0.25, -0.2) is 0 Å². The summed E-state index contributed by atoms with van der Waals surface area (Å²) in [6, 6.07) is 6.20. The van der Waals surface area contributed by atoms with Crippen LogP contribution in [-0.4, -0.2) is 0 Å². The number of halogens is 2. The molecule has 0 radical (unpaired) electrons. The van der Waals surface area contributed by atoms with E-state index in [4.69, 9.17) is 5.73 Å². The summed E-state index contributed by atoms with van der Waals surface area (Å²) in [7, 11) is 0. The topological polar surface area (TPSA) is 26.0 Å². The Kier molecular flexibility index (Phi) is 4.22. The van der Waals surface area contributed by atoms with Crippen molar-refractivity contribution in [2.24, 2.45) is 5.73 Å². The van der Waals surface area contributed by atoms with E-state index in [-0.39, 0.29) is 6.04 Å². The molecule has 1 atom stereocenters. The van der Waals surface area contributed by atoms with E-state index in [1.165, 1.54) is 30.4 Å². The molecule has 1 aliphatic carbocycles. The summed E-state index contributed by atoms with van der Waals surface area (Å²) < 4.78 is 2.17. The fraction of sp³-hybridized carbons (Fsp3) is 0.385. The number of rotatable bonds is 2. The molecule has 0 fully saturated rings. The van der Waals surface area contributed by atoms with Crippen LogP contribution in [0.15, 0.2) is 38.8 Å². The smallest absolute Gasteiger partial charge is 0.0522 e. The fourth-order valence-electron chi connectivity index (χ4n) is 2.10. The minimum atomic E-state index is 0.0344. The van der Waals surface area contributed by atoms with Crippen molar-refractivity contribution in [3.8, 4) is 0 Å². The Bertz CT molecular complexity index is 412. The molecule has 0 bridgehead atoms. The predicted octanol–water partition coefficient (Wildman–Crippen LogP) is 4.71. The van der Waals surface area contributed by atoms with E-state index in [2.05, 4.69) is 44.0 Å². The van der Waals surface area contributed by atoms with E-state index in [1.807, 2.05) is 12.1 Å². The number of allylic oxidation sites excluding steroid dienone is 1. The maximum Gasteiger partial charge on any atom is 0.0522 e. The minimum Gasteiger partial charge on any atom is -0.321 e. The first-order valence-electron chi connectivity index (χ1n) is 5.58. The standard InChI is InChI=1S/C13H15Br2N/c14-10-6-7-12(15)11(8-10)13(16)9-4-2-1-3-5-9/h4,6-8,13H,1-3,5,16H2. The Morgan fingerprint density at radius 3 is 2.69 bits per heavy atom. The lowest BCUT2D eigenvalue weighted by atomic mass is 9.90. The highest BCUT2D eigenvalue weighted by Crippen LogP contribution is 2.33. The molecule has 1 aliphatic rings. The van der Waals surface area contributed by atoms with Gasteiger partial charge in [-0.1, -0.05) is 43.5 Å². The second-order valence-corrected chi connectivity index (χ2v) is 5.94. The van der Waals surface area contributed by atoms with Gasteiger partial charge in [-0.15, -0.1) is 0 Å². The van der Waals surface area contributed by atoms with Gasteiger partial charge in [-0.3, -0.25) is 0 Å². The van der Waals surface area contributed by atoms with Crippen molar-refractivity contribution in [1.82, 2.24) is 0 Å². The third-order valence-electron chi connectivity index (χ3n) is 3.02. The summed E-state index contributed by atoms with van der Waals surface area (Å²) in [6.45, 7) is 0. The van der Waals surface area contributed by atoms with Crippen molar-refractivity contribution in [3.63, 3.8) is 0 Å². The van der Waals surface area contributed by atoms with E-state index in [1.54, 1.807) is 0 Å². The first-order valence-corrected chi connectivity index (χ1v) is 7.16. The molecule has 1 aromatic rings. The first-order chi connectivity index (χ1) is 7.68. The monoisotopic (exact) mass is 343 g/mol. The van der Waals surface area contributed by atoms with Crippen molar-refractivity contribution < 1.29 is 0 Å². The van der Waals surface area contributed by atoms with Gasteiger partial charge < -0.3 is 5.73 Å². The van der Waals surface area contributed by atoms with Crippen molar-refractivity contribution in [3.05, 3.63) is 44.4 Å². The van der Waals surface area contributed by atoms with Gasteiger partial charge in [0.1, 0.15) is 0 Å². The van der Waals surface area contributed by atoms with Crippen molar-refractivity contribution in [1.29, 1.82) is 0 Å². The Balaban J connectivity index is 2.29. The van der Waals surface area contributed by atoms with E-state index in [0.717, 1.165) is 15.4 Å². The molecule has 0 amide bonds. The van der Waals surface area contributed by atoms with Crippen LogP contribution in [0.5, 0.6) is 0 Å². The molecule has 1 unspecified atom stereocenters. The second-order valence-electron chi connectivity index (χ2n) is 4.17. The van der Waals surface area contributed by atoms with E-state index < -0.39 is 0 Å². The molecule has 0 spiro atoms. The highest BCUT2D eigenvalue weighted by atomic mass is 79.9. The third kappa shape index (κ3) is 2.76. The van der Waals surface area contributed by atoms with Gasteiger partial charge in [-0.2, -0.15) is 0 Å². The van der Waals surface area contributed by atoms with E-state index >= 15 is 0 Å². The van der Waals surface area contributed by atoms with Crippen molar-refractivity contribution >= 4 is 31.9 Å². The molecule has 86 valence electrons. The second kappa shape index (κ2) is 5.48. The van der Waals surface area contributed by atoms with Gasteiger partial charge in [-0.05, 0) is 49.4 Å². The van der Waals surface area contributed by atoms with Gasteiger partial charge in [0.2, 0.25) is 0 Å². The van der Waals surface area contributed by atoms with Gasteiger partial charge in [0.15, 0.2) is 0 Å². The largest absolute Gasteiger partial charge is 0.321 e. The summed E-state index contributed by atoms with van der Waals surface area (Å²) in [4.78, 5) is 0. The van der Waals surface area contributed by atoms with Gasteiger partial charge in [0.25, 0.3) is 0 Å². The highest BCUT2D eigenvalue weighted by molar-refractivity contribution is 9.11. The minimum absolute atomic E-state index is 0.0344.